The number of ether oxygens (including phenoxy) is 3. The highest BCUT2D eigenvalue weighted by Crippen LogP contribution is 2.45. The summed E-state index contributed by atoms with van der Waals surface area (Å²) >= 11 is 7.39. The van der Waals surface area contributed by atoms with Crippen molar-refractivity contribution >= 4 is 77.9 Å². The average Bonchev–Trinajstić information content (AvgIpc) is 3.84. The number of amides is 1. The van der Waals surface area contributed by atoms with E-state index in [0.29, 0.717) is 70.7 Å². The number of carbonyl (C=O) groups is 1. The number of aryl methyl sites for hydroxylation is 1. The van der Waals surface area contributed by atoms with Crippen LogP contribution in [0.15, 0.2) is 113 Å². The third-order valence-corrected chi connectivity index (χ3v) is 13.3. The summed E-state index contributed by atoms with van der Waals surface area (Å²) < 4.78 is 53.7. The van der Waals surface area contributed by atoms with Gasteiger partial charge in [0.25, 0.3) is 10.1 Å². The topological polar surface area (TPSA) is 168 Å². The Labute approximate surface area is 391 Å². The molecule has 346 valence electrons. The highest BCUT2D eigenvalue weighted by Gasteiger charge is 2.44. The lowest BCUT2D eigenvalue weighted by molar-refractivity contribution is -0.438. The Hall–Kier alpha value is -5.57. The molecular formula is C51H58ClN6O7S+. The summed E-state index contributed by atoms with van der Waals surface area (Å²) in [5, 5.41) is 11.2. The summed E-state index contributed by atoms with van der Waals surface area (Å²) in [5.41, 5.74) is 16.5. The molecule has 0 unspecified atom stereocenters. The number of benzene rings is 4. The summed E-state index contributed by atoms with van der Waals surface area (Å²) in [4.78, 5) is 15.3. The van der Waals surface area contributed by atoms with Crippen molar-refractivity contribution in [3.8, 4) is 0 Å². The summed E-state index contributed by atoms with van der Waals surface area (Å²) in [6.45, 7) is 8.96. The zero-order chi connectivity index (χ0) is 46.5. The van der Waals surface area contributed by atoms with Gasteiger partial charge < -0.3 is 24.1 Å². The Morgan fingerprint density at radius 3 is 2.35 bits per heavy atom. The number of para-hydroxylation sites is 1. The molecule has 0 atom stereocenters. The fraction of sp³-hybridized carbons (Fsp3) is 0.373. The summed E-state index contributed by atoms with van der Waals surface area (Å²) in [5.74, 6) is -0.307. The van der Waals surface area contributed by atoms with Crippen molar-refractivity contribution in [2.45, 2.75) is 57.9 Å². The molecule has 15 heteroatoms. The van der Waals surface area contributed by atoms with E-state index in [0.717, 1.165) is 75.1 Å². The zero-order valence-corrected chi connectivity index (χ0v) is 39.2. The normalized spacial score (nSPS) is 15.5. The van der Waals surface area contributed by atoms with Crippen LogP contribution in [0.4, 0.5) is 5.69 Å². The van der Waals surface area contributed by atoms with Crippen molar-refractivity contribution in [3.05, 3.63) is 141 Å². The van der Waals surface area contributed by atoms with E-state index in [2.05, 4.69) is 123 Å². The average molecular weight is 935 g/mol. The molecule has 1 aliphatic heterocycles. The fourth-order valence-electron chi connectivity index (χ4n) is 9.00. The van der Waals surface area contributed by atoms with Crippen molar-refractivity contribution in [1.82, 2.24) is 9.88 Å². The number of aromatic nitrogens is 1. The van der Waals surface area contributed by atoms with E-state index in [9.17, 15) is 17.8 Å². The van der Waals surface area contributed by atoms with E-state index in [4.69, 9.17) is 31.3 Å². The Morgan fingerprint density at radius 1 is 0.864 bits per heavy atom. The highest BCUT2D eigenvalue weighted by atomic mass is 35.5. The number of halogens is 1. The molecule has 0 fully saturated rings. The van der Waals surface area contributed by atoms with Gasteiger partial charge in [-0.3, -0.25) is 9.35 Å². The van der Waals surface area contributed by atoms with Gasteiger partial charge in [0.2, 0.25) is 11.6 Å². The second-order valence-electron chi connectivity index (χ2n) is 16.8. The molecule has 1 aromatic heterocycles. The van der Waals surface area contributed by atoms with Crippen molar-refractivity contribution in [1.29, 1.82) is 0 Å². The lowest BCUT2D eigenvalue weighted by Gasteiger charge is -2.15. The molecule has 0 saturated carbocycles. The third kappa shape index (κ3) is 11.7. The van der Waals surface area contributed by atoms with Crippen LogP contribution in [0.2, 0.25) is 0 Å². The Morgan fingerprint density at radius 2 is 1.58 bits per heavy atom. The maximum atomic E-state index is 12.6. The van der Waals surface area contributed by atoms with Crippen LogP contribution >= 0.6 is 11.6 Å². The molecule has 0 saturated heterocycles. The molecule has 1 amide bonds. The predicted octanol–water partition coefficient (Wildman–Crippen LogP) is 9.29. The highest BCUT2D eigenvalue weighted by molar-refractivity contribution is 7.85. The molecule has 1 aliphatic carbocycles. The Balaban J connectivity index is 1.02. The summed E-state index contributed by atoms with van der Waals surface area (Å²) in [7, 11) is -4.10. The van der Waals surface area contributed by atoms with Crippen molar-refractivity contribution in [2.75, 3.05) is 65.0 Å². The molecule has 5 aromatic rings. The second kappa shape index (κ2) is 22.8. The van der Waals surface area contributed by atoms with Crippen molar-refractivity contribution < 1.29 is 36.6 Å². The van der Waals surface area contributed by atoms with Crippen molar-refractivity contribution in [3.63, 3.8) is 0 Å². The van der Waals surface area contributed by atoms with E-state index in [1.807, 2.05) is 24.3 Å². The van der Waals surface area contributed by atoms with E-state index >= 15 is 0 Å². The first-order chi connectivity index (χ1) is 32.0. The standard InChI is InChI=1S/C51H57ClN6O7S/c1-51(2)43-18-7-8-19-45(43)58(28-9-3-4-21-48(59)54-26-30-63-32-34-65-35-33-64-31-27-55-56-53)47(51)25-23-41-39-16-6-5-15-38(39)40(50(41)52)22-24-44-42-17-10-13-37-14-11-20-46(49(37)42)57(44)29-12-36-66(60,61)62/h5-8,10-11,13-20,22-25H,3-4,9,12,21,26-36H2,1-2H3,(H-,54,59,60,61,62)/p+1. The number of fused-ring (bicyclic) bond motifs is 2. The SMILES string of the molecule is CC1(C)C(/C=C/C2=C(Cl)C(=C/C=c3\c4cccc5cccc(c54)n3CCCS(=O)(=O)O)/c3ccccc32)=[N+](CCCCCC(=O)NCCOCCOCCOCCN=[N+]=[N-])c2ccccc21. The van der Waals surface area contributed by atoms with E-state index in [1.165, 1.54) is 17.0 Å². The number of hydrogen-bond donors (Lipinski definition) is 2. The lowest BCUT2D eigenvalue weighted by atomic mass is 9.81. The van der Waals surface area contributed by atoms with Crippen LogP contribution in [0.25, 0.3) is 49.3 Å². The van der Waals surface area contributed by atoms with Gasteiger partial charge in [0, 0.05) is 87.9 Å². The summed E-state index contributed by atoms with van der Waals surface area (Å²) in [6.07, 6.45) is 11.8. The molecular weight excluding hydrogens is 876 g/mol. The minimum absolute atomic E-state index is 0.0147. The van der Waals surface area contributed by atoms with Gasteiger partial charge in [-0.2, -0.15) is 13.0 Å². The van der Waals surface area contributed by atoms with Crippen LogP contribution in [0.3, 0.4) is 0 Å². The molecule has 2 aliphatic rings. The monoisotopic (exact) mass is 933 g/mol. The first-order valence-electron chi connectivity index (χ1n) is 22.6. The number of unbranched alkanes of at least 4 members (excludes halogenated alkanes) is 2. The fourth-order valence-corrected chi connectivity index (χ4v) is 9.83. The van der Waals surface area contributed by atoms with Crippen LogP contribution < -0.4 is 10.7 Å². The molecule has 7 rings (SSSR count). The number of azide groups is 1. The largest absolute Gasteiger partial charge is 0.379 e. The van der Waals surface area contributed by atoms with E-state index < -0.39 is 10.1 Å². The Kier molecular flexibility index (Phi) is 16.7. The van der Waals surface area contributed by atoms with Crippen LogP contribution in [0.1, 0.15) is 62.6 Å². The maximum absolute atomic E-state index is 12.6. The quantitative estimate of drug-likeness (QED) is 0.0147. The summed E-state index contributed by atoms with van der Waals surface area (Å²) in [6, 6.07) is 29.2. The van der Waals surface area contributed by atoms with Gasteiger partial charge in [-0.15, -0.1) is 0 Å². The number of nitrogens with zero attached hydrogens (tertiary/aromatic N) is 5. The van der Waals surface area contributed by atoms with Crippen molar-refractivity contribution in [2.24, 2.45) is 5.11 Å². The van der Waals surface area contributed by atoms with Crippen LogP contribution in [-0.4, -0.2) is 98.8 Å². The number of hydrogen-bond acceptors (Lipinski definition) is 7. The van der Waals surface area contributed by atoms with Gasteiger partial charge in [-0.1, -0.05) is 95.6 Å². The predicted molar refractivity (Wildman–Crippen MR) is 264 cm³/mol. The molecule has 13 nitrogen and oxygen atoms in total. The van der Waals surface area contributed by atoms with Crippen LogP contribution in [-0.2, 0) is 41.1 Å². The molecule has 66 heavy (non-hydrogen) atoms. The Bertz CT molecular complexity index is 2890. The van der Waals surface area contributed by atoms with Gasteiger partial charge in [0.15, 0.2) is 5.71 Å². The van der Waals surface area contributed by atoms with E-state index in [-0.39, 0.29) is 23.5 Å². The van der Waals surface area contributed by atoms with Gasteiger partial charge in [-0.05, 0) is 73.4 Å². The minimum atomic E-state index is -4.10. The van der Waals surface area contributed by atoms with Gasteiger partial charge in [0.1, 0.15) is 6.54 Å². The molecule has 2 N–H and O–H groups in total. The van der Waals surface area contributed by atoms with Crippen LogP contribution in [0.5, 0.6) is 0 Å². The first kappa shape index (κ1) is 48.4. The molecule has 4 aromatic carbocycles. The molecule has 0 bridgehead atoms. The smallest absolute Gasteiger partial charge is 0.264 e. The van der Waals surface area contributed by atoms with Gasteiger partial charge in [0.05, 0.1) is 55.8 Å². The molecule has 2 heterocycles. The molecule has 0 radical (unpaired) electrons. The maximum Gasteiger partial charge on any atom is 0.264 e. The van der Waals surface area contributed by atoms with Gasteiger partial charge in [-0.25, -0.2) is 0 Å². The zero-order valence-electron chi connectivity index (χ0n) is 37.6. The number of allylic oxidation sites excluding steroid dienone is 6. The number of carbonyl (C=O) groups excluding carboxylic acids is 1. The first-order valence-corrected chi connectivity index (χ1v) is 24.6. The second-order valence-corrected chi connectivity index (χ2v) is 18.8. The lowest BCUT2D eigenvalue weighted by Crippen LogP contribution is -2.28. The van der Waals surface area contributed by atoms with Gasteiger partial charge >= 0.3 is 0 Å². The molecule has 0 spiro atoms. The van der Waals surface area contributed by atoms with Crippen LogP contribution in [0, 0.1) is 0 Å². The van der Waals surface area contributed by atoms with E-state index in [1.54, 1.807) is 0 Å². The third-order valence-electron chi connectivity index (χ3n) is 12.1. The number of rotatable bonds is 25. The minimum Gasteiger partial charge on any atom is -0.379 e. The number of nitrogens with one attached hydrogen (secondary N) is 1.